The Morgan fingerprint density at radius 3 is 2.50 bits per heavy atom. The predicted octanol–water partition coefficient (Wildman–Crippen LogP) is 4.29. The Bertz CT molecular complexity index is 1150. The molecule has 0 saturated carbocycles. The number of carboxylic acids is 1. The molecule has 0 unspecified atom stereocenters. The maximum atomic E-state index is 15.0. The number of carboxylic acid groups (broad SMARTS) is 1. The second kappa shape index (κ2) is 11.7. The number of benzene rings is 2. The van der Waals surface area contributed by atoms with E-state index in [1.54, 1.807) is 24.3 Å². The summed E-state index contributed by atoms with van der Waals surface area (Å²) in [5.74, 6) is -0.911. The summed E-state index contributed by atoms with van der Waals surface area (Å²) in [5, 5.41) is 17.2. The number of nitrogens with zero attached hydrogens (tertiary/aromatic N) is 1. The maximum Gasteiger partial charge on any atom is 0.303 e. The highest BCUT2D eigenvalue weighted by Crippen LogP contribution is 2.38. The fourth-order valence-corrected chi connectivity index (χ4v) is 3.93. The SMILES string of the molecule is COc1cc2c(c(F)c1OC)C(=N)N(CC(=O)c1ccc(OCCCCC(=O)O)c(OC(C)C)c1)C2. The number of ketones is 1. The highest BCUT2D eigenvalue weighted by Gasteiger charge is 2.33. The molecule has 1 heterocycles. The Balaban J connectivity index is 1.73. The zero-order valence-corrected chi connectivity index (χ0v) is 20.9. The lowest BCUT2D eigenvalue weighted by atomic mass is 10.1. The number of fused-ring (bicyclic) bond motifs is 1. The number of carbonyl (C=O) groups excluding carboxylic acids is 1. The molecule has 0 fully saturated rings. The summed E-state index contributed by atoms with van der Waals surface area (Å²) in [7, 11) is 2.74. The van der Waals surface area contributed by atoms with Gasteiger partial charge in [-0.1, -0.05) is 0 Å². The number of hydrogen-bond donors (Lipinski definition) is 2. The van der Waals surface area contributed by atoms with E-state index in [2.05, 4.69) is 0 Å². The van der Waals surface area contributed by atoms with E-state index in [9.17, 15) is 14.0 Å². The molecular weight excluding hydrogens is 471 g/mol. The van der Waals surface area contributed by atoms with Gasteiger partial charge in [0.1, 0.15) is 5.84 Å². The average Bonchev–Trinajstić information content (AvgIpc) is 3.13. The lowest BCUT2D eigenvalue weighted by Crippen LogP contribution is -2.30. The van der Waals surface area contributed by atoms with Crippen LogP contribution in [0.1, 0.15) is 54.6 Å². The van der Waals surface area contributed by atoms with Gasteiger partial charge in [0.2, 0.25) is 0 Å². The van der Waals surface area contributed by atoms with Crippen molar-refractivity contribution >= 4 is 17.6 Å². The number of methoxy groups -OCH3 is 2. The van der Waals surface area contributed by atoms with Crippen molar-refractivity contribution in [1.29, 1.82) is 5.41 Å². The summed E-state index contributed by atoms with van der Waals surface area (Å²) < 4.78 is 36.9. The minimum absolute atomic E-state index is 0.0744. The van der Waals surface area contributed by atoms with Crippen molar-refractivity contribution in [3.05, 3.63) is 46.8 Å². The molecule has 0 aliphatic carbocycles. The molecule has 2 aromatic carbocycles. The Kier molecular flexibility index (Phi) is 8.73. The van der Waals surface area contributed by atoms with Crippen LogP contribution in [0.15, 0.2) is 24.3 Å². The fraction of sp³-hybridized carbons (Fsp3) is 0.423. The number of Topliss-reactive ketones (excluding diaryl/α,β-unsaturated/α-hetero) is 1. The molecule has 0 atom stereocenters. The number of nitrogens with one attached hydrogen (secondary N) is 1. The Morgan fingerprint density at radius 1 is 1.11 bits per heavy atom. The molecule has 0 aromatic heterocycles. The van der Waals surface area contributed by atoms with Crippen molar-refractivity contribution in [1.82, 2.24) is 4.90 Å². The first kappa shape index (κ1) is 26.8. The number of amidine groups is 1. The van der Waals surface area contributed by atoms with E-state index >= 15 is 0 Å². The Morgan fingerprint density at radius 2 is 1.86 bits per heavy atom. The van der Waals surface area contributed by atoms with Crippen LogP contribution in [0, 0.1) is 11.2 Å². The largest absolute Gasteiger partial charge is 0.493 e. The number of unbranched alkanes of at least 4 members (excludes halogenated alkanes) is 1. The van der Waals surface area contributed by atoms with Crippen molar-refractivity contribution in [2.75, 3.05) is 27.4 Å². The quantitative estimate of drug-likeness (QED) is 0.308. The number of hydrogen-bond acceptors (Lipinski definition) is 7. The maximum absolute atomic E-state index is 15.0. The van der Waals surface area contributed by atoms with E-state index in [-0.39, 0.29) is 54.3 Å². The molecule has 0 bridgehead atoms. The number of aliphatic carboxylic acids is 1. The summed E-state index contributed by atoms with van der Waals surface area (Å²) in [6.45, 7) is 4.07. The first-order valence-electron chi connectivity index (χ1n) is 11.6. The van der Waals surface area contributed by atoms with E-state index in [1.165, 1.54) is 19.1 Å². The molecule has 3 rings (SSSR count). The molecule has 36 heavy (non-hydrogen) atoms. The summed E-state index contributed by atoms with van der Waals surface area (Å²) >= 11 is 0. The summed E-state index contributed by atoms with van der Waals surface area (Å²) in [5.41, 5.74) is 0.998. The number of rotatable bonds is 13. The zero-order valence-electron chi connectivity index (χ0n) is 20.9. The van der Waals surface area contributed by atoms with Crippen LogP contribution in [-0.2, 0) is 11.3 Å². The molecule has 9 nitrogen and oxygen atoms in total. The minimum Gasteiger partial charge on any atom is -0.493 e. The van der Waals surface area contributed by atoms with Gasteiger partial charge in [0.25, 0.3) is 0 Å². The molecule has 194 valence electrons. The van der Waals surface area contributed by atoms with Crippen molar-refractivity contribution in [3.63, 3.8) is 0 Å². The molecule has 0 amide bonds. The minimum atomic E-state index is -0.850. The van der Waals surface area contributed by atoms with Gasteiger partial charge in [0, 0.05) is 18.5 Å². The molecule has 0 radical (unpaired) electrons. The van der Waals surface area contributed by atoms with Gasteiger partial charge in [-0.15, -0.1) is 0 Å². The van der Waals surface area contributed by atoms with Gasteiger partial charge in [-0.25, -0.2) is 4.39 Å². The van der Waals surface area contributed by atoms with E-state index < -0.39 is 11.8 Å². The van der Waals surface area contributed by atoms with Crippen LogP contribution in [0.25, 0.3) is 0 Å². The van der Waals surface area contributed by atoms with Gasteiger partial charge in [-0.3, -0.25) is 15.0 Å². The van der Waals surface area contributed by atoms with Crippen LogP contribution in [0.3, 0.4) is 0 Å². The van der Waals surface area contributed by atoms with E-state index in [4.69, 9.17) is 29.5 Å². The standard InChI is InChI=1S/C26H31FN2O7/c1-15(2)36-20-11-16(8-9-19(20)35-10-6-5-7-22(31)32)18(30)14-29-13-17-12-21(33-3)25(34-4)24(27)23(17)26(29)28/h8-9,11-12,15,28H,5-7,10,13-14H2,1-4H3,(H,31,32). The van der Waals surface area contributed by atoms with Crippen molar-refractivity contribution < 1.29 is 38.0 Å². The van der Waals surface area contributed by atoms with Crippen LogP contribution in [-0.4, -0.2) is 61.1 Å². The molecule has 1 aliphatic heterocycles. The molecular formula is C26H31FN2O7. The summed E-state index contributed by atoms with van der Waals surface area (Å²) in [6.07, 6.45) is 0.969. The van der Waals surface area contributed by atoms with Crippen molar-refractivity contribution in [2.24, 2.45) is 0 Å². The third-order valence-corrected chi connectivity index (χ3v) is 5.61. The van der Waals surface area contributed by atoms with Crippen LogP contribution < -0.4 is 18.9 Å². The first-order valence-corrected chi connectivity index (χ1v) is 11.6. The van der Waals surface area contributed by atoms with E-state index in [1.807, 2.05) is 13.8 Å². The average molecular weight is 503 g/mol. The van der Waals surface area contributed by atoms with Crippen LogP contribution >= 0.6 is 0 Å². The Labute approximate surface area is 209 Å². The second-order valence-corrected chi connectivity index (χ2v) is 8.62. The Hall–Kier alpha value is -3.82. The highest BCUT2D eigenvalue weighted by atomic mass is 19.1. The van der Waals surface area contributed by atoms with Gasteiger partial charge >= 0.3 is 5.97 Å². The van der Waals surface area contributed by atoms with Crippen LogP contribution in [0.4, 0.5) is 4.39 Å². The topological polar surface area (TPSA) is 118 Å². The normalized spacial score (nSPS) is 12.5. The first-order chi connectivity index (χ1) is 17.2. The van der Waals surface area contributed by atoms with Crippen LogP contribution in [0.2, 0.25) is 0 Å². The molecule has 2 aromatic rings. The van der Waals surface area contributed by atoms with Gasteiger partial charge in [0.15, 0.2) is 34.6 Å². The molecule has 1 aliphatic rings. The lowest BCUT2D eigenvalue weighted by Gasteiger charge is -2.19. The summed E-state index contributed by atoms with van der Waals surface area (Å²) in [6, 6.07) is 6.46. The van der Waals surface area contributed by atoms with Gasteiger partial charge < -0.3 is 29.0 Å². The number of halogens is 1. The van der Waals surface area contributed by atoms with Gasteiger partial charge in [-0.2, -0.15) is 0 Å². The van der Waals surface area contributed by atoms with Gasteiger partial charge in [-0.05, 0) is 56.5 Å². The third-order valence-electron chi connectivity index (χ3n) is 5.61. The van der Waals surface area contributed by atoms with E-state index in [0.717, 1.165) is 0 Å². The highest BCUT2D eigenvalue weighted by molar-refractivity contribution is 6.06. The second-order valence-electron chi connectivity index (χ2n) is 8.62. The van der Waals surface area contributed by atoms with Gasteiger partial charge in [0.05, 0.1) is 39.0 Å². The molecule has 0 spiro atoms. The number of carbonyl (C=O) groups is 2. The zero-order chi connectivity index (χ0) is 26.4. The number of ether oxygens (including phenoxy) is 4. The van der Waals surface area contributed by atoms with Crippen molar-refractivity contribution in [2.45, 2.75) is 45.8 Å². The molecule has 10 heteroatoms. The van der Waals surface area contributed by atoms with Crippen molar-refractivity contribution in [3.8, 4) is 23.0 Å². The lowest BCUT2D eigenvalue weighted by molar-refractivity contribution is -0.137. The summed E-state index contributed by atoms with van der Waals surface area (Å²) in [4.78, 5) is 25.3. The smallest absolute Gasteiger partial charge is 0.303 e. The van der Waals surface area contributed by atoms with Crippen LogP contribution in [0.5, 0.6) is 23.0 Å². The van der Waals surface area contributed by atoms with E-state index in [0.29, 0.717) is 42.1 Å². The third kappa shape index (κ3) is 6.05. The molecule has 2 N–H and O–H groups in total. The monoisotopic (exact) mass is 502 g/mol. The molecule has 0 saturated heterocycles. The predicted molar refractivity (Wildman–Crippen MR) is 130 cm³/mol. The fourth-order valence-electron chi connectivity index (χ4n) is 3.93.